The lowest BCUT2D eigenvalue weighted by molar-refractivity contribution is -0.126. The van der Waals surface area contributed by atoms with Gasteiger partial charge in [0.1, 0.15) is 22.1 Å². The highest BCUT2D eigenvalue weighted by molar-refractivity contribution is 7.18. The molecule has 2 atom stereocenters. The van der Waals surface area contributed by atoms with E-state index in [1.165, 1.54) is 6.33 Å². The van der Waals surface area contributed by atoms with Gasteiger partial charge in [-0.15, -0.1) is 11.3 Å². The van der Waals surface area contributed by atoms with Crippen LogP contribution in [0.3, 0.4) is 0 Å². The van der Waals surface area contributed by atoms with Crippen LogP contribution in [0.25, 0.3) is 10.2 Å². The third-order valence-electron chi connectivity index (χ3n) is 6.15. The highest BCUT2D eigenvalue weighted by atomic mass is 35.5. The molecule has 2 aliphatic rings. The van der Waals surface area contributed by atoms with E-state index >= 15 is 0 Å². The van der Waals surface area contributed by atoms with E-state index < -0.39 is 12.6 Å². The Morgan fingerprint density at radius 1 is 1.13 bits per heavy atom. The van der Waals surface area contributed by atoms with Crippen molar-refractivity contribution in [3.63, 3.8) is 0 Å². The number of anilines is 1. The number of likely N-dealkylation sites (tertiary alicyclic amines) is 1. The molecule has 3 aromatic heterocycles. The lowest BCUT2D eigenvalue weighted by atomic mass is 9.88. The molecule has 3 aromatic rings. The highest BCUT2D eigenvalue weighted by Crippen LogP contribution is 2.38. The molecule has 5 nitrogen and oxygen atoms in total. The normalized spacial score (nSPS) is 22.3. The van der Waals surface area contributed by atoms with E-state index in [2.05, 4.69) is 24.8 Å². The molecular formula is C21H21ClF3N5S. The van der Waals surface area contributed by atoms with Crippen molar-refractivity contribution in [3.8, 4) is 0 Å². The minimum atomic E-state index is -4.22. The number of hydrogen-bond donors (Lipinski definition) is 0. The van der Waals surface area contributed by atoms with Gasteiger partial charge in [0.15, 0.2) is 0 Å². The smallest absolute Gasteiger partial charge is 0.355 e. The second-order valence-electron chi connectivity index (χ2n) is 8.32. The minimum Gasteiger partial charge on any atom is -0.355 e. The van der Waals surface area contributed by atoms with Crippen LogP contribution in [-0.2, 0) is 13.0 Å². The van der Waals surface area contributed by atoms with Gasteiger partial charge in [0.25, 0.3) is 0 Å². The Morgan fingerprint density at radius 2 is 1.97 bits per heavy atom. The molecule has 0 spiro atoms. The Bertz CT molecular complexity index is 1090. The zero-order chi connectivity index (χ0) is 21.6. The van der Waals surface area contributed by atoms with Crippen molar-refractivity contribution in [3.05, 3.63) is 46.3 Å². The minimum absolute atomic E-state index is 0.278. The summed E-state index contributed by atoms with van der Waals surface area (Å²) >= 11 is 7.33. The number of pyridine rings is 1. The first-order valence-electron chi connectivity index (χ1n) is 10.2. The van der Waals surface area contributed by atoms with Gasteiger partial charge in [-0.2, -0.15) is 13.2 Å². The number of rotatable bonds is 4. The summed E-state index contributed by atoms with van der Waals surface area (Å²) in [7, 11) is 0. The standard InChI is InChI=1S/C21H21ClF3N5S/c22-18-14(2-1-4-26-18)8-29-5-3-13-10-30(11-15(13)9-29)19-17-6-16(7-21(23,24)25)31-20(17)28-12-27-19/h1-2,4,6,12-13,15H,3,5,7-11H2/t13-,15+/m1/s1. The number of thiophene rings is 1. The first-order valence-corrected chi connectivity index (χ1v) is 11.4. The van der Waals surface area contributed by atoms with E-state index in [4.69, 9.17) is 11.6 Å². The predicted molar refractivity (Wildman–Crippen MR) is 116 cm³/mol. The van der Waals surface area contributed by atoms with Gasteiger partial charge in [0.2, 0.25) is 0 Å². The molecule has 0 amide bonds. The fourth-order valence-electron chi connectivity index (χ4n) is 4.77. The molecule has 164 valence electrons. The summed E-state index contributed by atoms with van der Waals surface area (Å²) in [5.41, 5.74) is 1.03. The number of nitrogens with zero attached hydrogens (tertiary/aromatic N) is 5. The van der Waals surface area contributed by atoms with Crippen LogP contribution in [0, 0.1) is 11.8 Å². The maximum atomic E-state index is 12.8. The van der Waals surface area contributed by atoms with Crippen LogP contribution in [0.1, 0.15) is 16.9 Å². The van der Waals surface area contributed by atoms with Gasteiger partial charge < -0.3 is 4.90 Å². The number of aromatic nitrogens is 3. The summed E-state index contributed by atoms with van der Waals surface area (Å²) in [5, 5.41) is 1.28. The lowest BCUT2D eigenvalue weighted by Crippen LogP contribution is -2.39. The van der Waals surface area contributed by atoms with E-state index in [1.807, 2.05) is 12.1 Å². The van der Waals surface area contributed by atoms with E-state index in [9.17, 15) is 13.2 Å². The lowest BCUT2D eigenvalue weighted by Gasteiger charge is -2.34. The van der Waals surface area contributed by atoms with Crippen molar-refractivity contribution in [1.82, 2.24) is 19.9 Å². The van der Waals surface area contributed by atoms with Crippen molar-refractivity contribution >= 4 is 39.0 Å². The molecule has 2 fully saturated rings. The van der Waals surface area contributed by atoms with Gasteiger partial charge in [-0.3, -0.25) is 4.90 Å². The van der Waals surface area contributed by atoms with E-state index in [0.717, 1.165) is 67.2 Å². The molecule has 0 N–H and O–H groups in total. The molecule has 10 heteroatoms. The average Bonchev–Trinajstić information content (AvgIpc) is 3.31. The van der Waals surface area contributed by atoms with E-state index in [1.54, 1.807) is 12.3 Å². The monoisotopic (exact) mass is 467 g/mol. The van der Waals surface area contributed by atoms with Crippen LogP contribution in [0.15, 0.2) is 30.7 Å². The summed E-state index contributed by atoms with van der Waals surface area (Å²) in [6, 6.07) is 5.52. The Hall–Kier alpha value is -1.97. The summed E-state index contributed by atoms with van der Waals surface area (Å²) in [6.45, 7) is 4.46. The van der Waals surface area contributed by atoms with Crippen LogP contribution >= 0.6 is 22.9 Å². The zero-order valence-corrected chi connectivity index (χ0v) is 18.2. The average molecular weight is 468 g/mol. The maximum Gasteiger partial charge on any atom is 0.393 e. The molecule has 31 heavy (non-hydrogen) atoms. The third-order valence-corrected chi connectivity index (χ3v) is 7.53. The summed E-state index contributed by atoms with van der Waals surface area (Å²) in [6.07, 6.45) is -0.914. The molecular weight excluding hydrogens is 447 g/mol. The number of halogens is 4. The topological polar surface area (TPSA) is 45.2 Å². The van der Waals surface area contributed by atoms with Gasteiger partial charge in [-0.1, -0.05) is 17.7 Å². The second-order valence-corrected chi connectivity index (χ2v) is 9.80. The van der Waals surface area contributed by atoms with E-state index in [-0.39, 0.29) is 4.88 Å². The summed E-state index contributed by atoms with van der Waals surface area (Å²) in [5.74, 6) is 1.80. The Balaban J connectivity index is 1.31. The molecule has 0 radical (unpaired) electrons. The van der Waals surface area contributed by atoms with Crippen LogP contribution < -0.4 is 4.90 Å². The number of fused-ring (bicyclic) bond motifs is 2. The van der Waals surface area contributed by atoms with Gasteiger partial charge in [0.05, 0.1) is 11.8 Å². The first kappa shape index (κ1) is 20.9. The van der Waals surface area contributed by atoms with Crippen molar-refractivity contribution in [2.75, 3.05) is 31.1 Å². The van der Waals surface area contributed by atoms with E-state index in [0.29, 0.717) is 21.8 Å². The zero-order valence-electron chi connectivity index (χ0n) is 16.6. The number of piperidine rings is 1. The van der Waals surface area contributed by atoms with Crippen LogP contribution in [0.2, 0.25) is 5.15 Å². The number of alkyl halides is 3. The maximum absolute atomic E-state index is 12.8. The van der Waals surface area contributed by atoms with Crippen LogP contribution in [-0.4, -0.2) is 52.2 Å². The number of hydrogen-bond acceptors (Lipinski definition) is 6. The molecule has 2 saturated heterocycles. The van der Waals surface area contributed by atoms with Crippen molar-refractivity contribution in [1.29, 1.82) is 0 Å². The molecule has 5 rings (SSSR count). The van der Waals surface area contributed by atoms with Crippen LogP contribution in [0.5, 0.6) is 0 Å². The predicted octanol–water partition coefficient (Wildman–Crippen LogP) is 4.80. The molecule has 5 heterocycles. The van der Waals surface area contributed by atoms with Gasteiger partial charge in [0, 0.05) is 42.8 Å². The van der Waals surface area contributed by atoms with Crippen molar-refractivity contribution < 1.29 is 13.2 Å². The quantitative estimate of drug-likeness (QED) is 0.516. The second kappa shape index (κ2) is 8.18. The Kier molecular flexibility index (Phi) is 5.52. The van der Waals surface area contributed by atoms with Gasteiger partial charge in [-0.25, -0.2) is 15.0 Å². The SMILES string of the molecule is FC(F)(F)Cc1cc2c(N3C[C@H]4CCN(Cc5cccnc5Cl)C[C@H]4C3)ncnc2s1. The fourth-order valence-corrected chi connectivity index (χ4v) is 5.97. The molecule has 0 unspecified atom stereocenters. The van der Waals surface area contributed by atoms with Gasteiger partial charge >= 0.3 is 6.18 Å². The third kappa shape index (κ3) is 4.49. The summed E-state index contributed by atoms with van der Waals surface area (Å²) < 4.78 is 38.5. The molecule has 2 aliphatic heterocycles. The highest BCUT2D eigenvalue weighted by Gasteiger charge is 2.38. The Labute approximate surface area is 186 Å². The molecule has 0 aromatic carbocycles. The van der Waals surface area contributed by atoms with Crippen molar-refractivity contribution in [2.45, 2.75) is 25.6 Å². The Morgan fingerprint density at radius 3 is 2.77 bits per heavy atom. The van der Waals surface area contributed by atoms with Crippen LogP contribution in [0.4, 0.5) is 19.0 Å². The molecule has 0 saturated carbocycles. The first-order chi connectivity index (χ1) is 14.9. The molecule has 0 bridgehead atoms. The summed E-state index contributed by atoms with van der Waals surface area (Å²) in [4.78, 5) is 18.4. The fraction of sp³-hybridized carbons (Fsp3) is 0.476. The largest absolute Gasteiger partial charge is 0.393 e. The van der Waals surface area contributed by atoms with Gasteiger partial charge in [-0.05, 0) is 36.9 Å². The van der Waals surface area contributed by atoms with Crippen molar-refractivity contribution in [2.24, 2.45) is 11.8 Å². The molecule has 0 aliphatic carbocycles.